The van der Waals surface area contributed by atoms with Gasteiger partial charge in [0.1, 0.15) is 28.1 Å². The number of hydrogen-bond donors (Lipinski definition) is 0. The van der Waals surface area contributed by atoms with E-state index in [2.05, 4.69) is 15.9 Å². The maximum Gasteiger partial charge on any atom is 0.150 e. The number of hydrogen-bond acceptors (Lipinski definition) is 3. The summed E-state index contributed by atoms with van der Waals surface area (Å²) in [5, 5.41) is 0. The highest BCUT2D eigenvalue weighted by molar-refractivity contribution is 9.10. The third-order valence-corrected chi connectivity index (χ3v) is 3.65. The molecule has 0 heterocycles. The molecule has 0 spiro atoms. The summed E-state index contributed by atoms with van der Waals surface area (Å²) in [4.78, 5) is 10.8. The molecule has 0 radical (unpaired) electrons. The fraction of sp³-hybridized carbons (Fsp3) is 0.133. The van der Waals surface area contributed by atoms with Crippen LogP contribution in [0.5, 0.6) is 11.5 Å². The Kier molecular flexibility index (Phi) is 4.39. The number of benzene rings is 2. The summed E-state index contributed by atoms with van der Waals surface area (Å²) < 4.78 is 25.1. The zero-order chi connectivity index (χ0) is 14.7. The molecule has 0 fully saturated rings. The van der Waals surface area contributed by atoms with Crippen molar-refractivity contribution in [3.8, 4) is 22.6 Å². The number of rotatable bonds is 4. The molecule has 104 valence electrons. The Morgan fingerprint density at radius 1 is 1.10 bits per heavy atom. The molecule has 0 N–H and O–H groups in total. The molecule has 0 saturated carbocycles. The van der Waals surface area contributed by atoms with Crippen LogP contribution in [0.25, 0.3) is 11.1 Å². The first-order valence-corrected chi connectivity index (χ1v) is 6.57. The number of aldehydes is 1. The van der Waals surface area contributed by atoms with Gasteiger partial charge >= 0.3 is 0 Å². The zero-order valence-electron chi connectivity index (χ0n) is 10.9. The van der Waals surface area contributed by atoms with Crippen LogP contribution in [0.15, 0.2) is 34.8 Å². The van der Waals surface area contributed by atoms with Gasteiger partial charge in [0.25, 0.3) is 0 Å². The molecule has 5 heteroatoms. The van der Waals surface area contributed by atoms with Gasteiger partial charge in [0.05, 0.1) is 14.2 Å². The van der Waals surface area contributed by atoms with E-state index >= 15 is 0 Å². The van der Waals surface area contributed by atoms with Crippen molar-refractivity contribution in [3.63, 3.8) is 0 Å². The molecule has 0 atom stereocenters. The fourth-order valence-electron chi connectivity index (χ4n) is 1.93. The molecule has 0 aliphatic carbocycles. The van der Waals surface area contributed by atoms with Gasteiger partial charge in [-0.15, -0.1) is 0 Å². The highest BCUT2D eigenvalue weighted by Crippen LogP contribution is 2.42. The molecular weight excluding hydrogens is 327 g/mol. The van der Waals surface area contributed by atoms with Crippen LogP contribution in [0.1, 0.15) is 10.4 Å². The molecule has 0 aliphatic rings. The van der Waals surface area contributed by atoms with Crippen molar-refractivity contribution in [2.75, 3.05) is 14.2 Å². The minimum absolute atomic E-state index is 0.301. The molecule has 0 aromatic heterocycles. The van der Waals surface area contributed by atoms with Gasteiger partial charge in [-0.3, -0.25) is 4.79 Å². The highest BCUT2D eigenvalue weighted by Gasteiger charge is 2.17. The van der Waals surface area contributed by atoms with E-state index in [1.165, 1.54) is 32.4 Å². The number of methoxy groups -OCH3 is 2. The summed E-state index contributed by atoms with van der Waals surface area (Å²) in [6.45, 7) is 0. The quantitative estimate of drug-likeness (QED) is 0.788. The standard InChI is InChI=1S/C15H12BrFO3/c1-19-13-6-4-10(15(20-2)14(13)16)11-7-9(8-18)3-5-12(11)17/h3-8H,1-2H3. The second kappa shape index (κ2) is 6.05. The Balaban J connectivity index is 2.69. The van der Waals surface area contributed by atoms with Crippen molar-refractivity contribution in [1.29, 1.82) is 0 Å². The van der Waals surface area contributed by atoms with Gasteiger partial charge in [-0.25, -0.2) is 4.39 Å². The van der Waals surface area contributed by atoms with Crippen LogP contribution in [0.3, 0.4) is 0 Å². The summed E-state index contributed by atoms with van der Waals surface area (Å²) in [5.41, 5.74) is 1.24. The smallest absolute Gasteiger partial charge is 0.150 e. The maximum absolute atomic E-state index is 14.0. The molecule has 20 heavy (non-hydrogen) atoms. The van der Waals surface area contributed by atoms with E-state index in [1.807, 2.05) is 0 Å². The molecule has 0 unspecified atom stereocenters. The second-order valence-corrected chi connectivity index (χ2v) is 4.81. The molecule has 2 rings (SSSR count). The summed E-state index contributed by atoms with van der Waals surface area (Å²) in [6.07, 6.45) is 0.675. The predicted octanol–water partition coefficient (Wildman–Crippen LogP) is 4.08. The van der Waals surface area contributed by atoms with Crippen LogP contribution in [-0.2, 0) is 0 Å². The summed E-state index contributed by atoms with van der Waals surface area (Å²) in [7, 11) is 3.03. The van der Waals surface area contributed by atoms with E-state index in [9.17, 15) is 9.18 Å². The van der Waals surface area contributed by atoms with E-state index in [-0.39, 0.29) is 0 Å². The fourth-order valence-corrected chi connectivity index (χ4v) is 2.60. The van der Waals surface area contributed by atoms with Crippen LogP contribution in [-0.4, -0.2) is 20.5 Å². The Hall–Kier alpha value is -1.88. The third-order valence-electron chi connectivity index (χ3n) is 2.90. The number of carbonyl (C=O) groups excluding carboxylic acids is 1. The van der Waals surface area contributed by atoms with Crippen LogP contribution in [0, 0.1) is 5.82 Å². The van der Waals surface area contributed by atoms with E-state index in [0.29, 0.717) is 38.9 Å². The Bertz CT molecular complexity index is 656. The maximum atomic E-state index is 14.0. The molecule has 2 aromatic rings. The van der Waals surface area contributed by atoms with E-state index in [1.54, 1.807) is 12.1 Å². The van der Waals surface area contributed by atoms with Crippen LogP contribution in [0.2, 0.25) is 0 Å². The molecule has 0 aliphatic heterocycles. The second-order valence-electron chi connectivity index (χ2n) is 4.02. The molecule has 2 aromatic carbocycles. The predicted molar refractivity (Wildman–Crippen MR) is 78.0 cm³/mol. The van der Waals surface area contributed by atoms with Crippen molar-refractivity contribution in [2.24, 2.45) is 0 Å². The molecular formula is C15H12BrFO3. The lowest BCUT2D eigenvalue weighted by molar-refractivity contribution is 0.112. The number of ether oxygens (including phenoxy) is 2. The van der Waals surface area contributed by atoms with Gasteiger partial charge in [-0.05, 0) is 46.3 Å². The van der Waals surface area contributed by atoms with Crippen molar-refractivity contribution < 1.29 is 18.7 Å². The SMILES string of the molecule is COc1ccc(-c2cc(C=O)ccc2F)c(OC)c1Br. The third kappa shape index (κ3) is 2.54. The van der Waals surface area contributed by atoms with E-state index in [0.717, 1.165) is 0 Å². The average Bonchev–Trinajstić information content (AvgIpc) is 2.47. The van der Waals surface area contributed by atoms with E-state index < -0.39 is 5.82 Å². The Morgan fingerprint density at radius 2 is 1.85 bits per heavy atom. The zero-order valence-corrected chi connectivity index (χ0v) is 12.5. The van der Waals surface area contributed by atoms with E-state index in [4.69, 9.17) is 9.47 Å². The summed E-state index contributed by atoms with van der Waals surface area (Å²) in [5.74, 6) is 0.606. The monoisotopic (exact) mass is 338 g/mol. The lowest BCUT2D eigenvalue weighted by atomic mass is 10.0. The topological polar surface area (TPSA) is 35.5 Å². The summed E-state index contributed by atoms with van der Waals surface area (Å²) >= 11 is 3.37. The van der Waals surface area contributed by atoms with Gasteiger partial charge in [0, 0.05) is 16.7 Å². The summed E-state index contributed by atoms with van der Waals surface area (Å²) in [6, 6.07) is 7.57. The van der Waals surface area contributed by atoms with Crippen molar-refractivity contribution >= 4 is 22.2 Å². The first-order chi connectivity index (χ1) is 9.62. The van der Waals surface area contributed by atoms with Crippen molar-refractivity contribution in [1.82, 2.24) is 0 Å². The van der Waals surface area contributed by atoms with Gasteiger partial charge in [0.2, 0.25) is 0 Å². The van der Waals surface area contributed by atoms with Gasteiger partial charge in [0.15, 0.2) is 0 Å². The van der Waals surface area contributed by atoms with Gasteiger partial charge < -0.3 is 9.47 Å². The van der Waals surface area contributed by atoms with Crippen molar-refractivity contribution in [2.45, 2.75) is 0 Å². The first-order valence-electron chi connectivity index (χ1n) is 5.78. The van der Waals surface area contributed by atoms with Gasteiger partial charge in [-0.2, -0.15) is 0 Å². The molecule has 0 bridgehead atoms. The van der Waals surface area contributed by atoms with Crippen LogP contribution in [0.4, 0.5) is 4.39 Å². The minimum Gasteiger partial charge on any atom is -0.495 e. The lowest BCUT2D eigenvalue weighted by Crippen LogP contribution is -1.95. The number of halogens is 2. The molecule has 0 saturated heterocycles. The minimum atomic E-state index is -0.425. The molecule has 3 nitrogen and oxygen atoms in total. The van der Waals surface area contributed by atoms with Crippen molar-refractivity contribution in [3.05, 3.63) is 46.2 Å². The Labute approximate surface area is 124 Å². The largest absolute Gasteiger partial charge is 0.495 e. The first kappa shape index (κ1) is 14.5. The van der Waals surface area contributed by atoms with Gasteiger partial charge in [-0.1, -0.05) is 0 Å². The van der Waals surface area contributed by atoms with Crippen LogP contribution < -0.4 is 9.47 Å². The Morgan fingerprint density at radius 3 is 2.45 bits per heavy atom. The highest BCUT2D eigenvalue weighted by atomic mass is 79.9. The normalized spacial score (nSPS) is 10.2. The van der Waals surface area contributed by atoms with Crippen LogP contribution >= 0.6 is 15.9 Å². The average molecular weight is 339 g/mol. The number of carbonyl (C=O) groups is 1. The molecule has 0 amide bonds. The lowest BCUT2D eigenvalue weighted by Gasteiger charge is -2.14.